The number of benzene rings is 1. The van der Waals surface area contributed by atoms with Gasteiger partial charge < -0.3 is 25.0 Å². The molecule has 1 amide bonds. The first kappa shape index (κ1) is 25.5. The second-order valence-electron chi connectivity index (χ2n) is 9.62. The highest BCUT2D eigenvalue weighted by molar-refractivity contribution is 6.32. The molecule has 196 valence electrons. The van der Waals surface area contributed by atoms with Gasteiger partial charge in [-0.15, -0.1) is 0 Å². The Morgan fingerprint density at radius 1 is 1.11 bits per heavy atom. The van der Waals surface area contributed by atoms with Crippen LogP contribution in [0.25, 0.3) is 10.9 Å². The number of carbonyl (C=O) groups excluding carboxylic acids is 1. The summed E-state index contributed by atoms with van der Waals surface area (Å²) < 4.78 is 11.3. The fraction of sp³-hybridized carbons (Fsp3) is 0.481. The van der Waals surface area contributed by atoms with Crippen molar-refractivity contribution in [3.8, 4) is 5.75 Å². The molecule has 37 heavy (non-hydrogen) atoms. The number of aromatic nitrogens is 3. The minimum atomic E-state index is 0.0475. The normalized spacial score (nSPS) is 16.8. The van der Waals surface area contributed by atoms with Crippen LogP contribution in [0.15, 0.2) is 36.8 Å². The van der Waals surface area contributed by atoms with Gasteiger partial charge in [0.25, 0.3) is 0 Å². The van der Waals surface area contributed by atoms with Crippen molar-refractivity contribution in [2.24, 2.45) is 5.92 Å². The number of rotatable bonds is 9. The molecule has 10 heteroatoms. The van der Waals surface area contributed by atoms with Crippen LogP contribution in [0.5, 0.6) is 5.75 Å². The number of methoxy groups -OCH3 is 1. The van der Waals surface area contributed by atoms with Crippen molar-refractivity contribution >= 4 is 45.7 Å². The summed E-state index contributed by atoms with van der Waals surface area (Å²) in [5, 5.41) is 7.94. The first-order valence-electron chi connectivity index (χ1n) is 13.0. The first-order chi connectivity index (χ1) is 18.1. The van der Waals surface area contributed by atoms with Gasteiger partial charge in [0.15, 0.2) is 0 Å². The summed E-state index contributed by atoms with van der Waals surface area (Å²) in [5.41, 5.74) is 1.53. The number of likely N-dealkylation sites (tertiary alicyclic amines) is 1. The maximum atomic E-state index is 12.7. The van der Waals surface area contributed by atoms with E-state index in [1.807, 2.05) is 29.2 Å². The highest BCUT2D eigenvalue weighted by Gasteiger charge is 2.30. The molecule has 1 aliphatic heterocycles. The summed E-state index contributed by atoms with van der Waals surface area (Å²) in [6, 6.07) is 7.55. The lowest BCUT2D eigenvalue weighted by molar-refractivity contribution is -0.137. The van der Waals surface area contributed by atoms with Crippen LogP contribution >= 0.6 is 11.6 Å². The van der Waals surface area contributed by atoms with E-state index in [0.717, 1.165) is 61.2 Å². The average molecular weight is 525 g/mol. The lowest BCUT2D eigenvalue weighted by atomic mass is 10.0. The van der Waals surface area contributed by atoms with Crippen molar-refractivity contribution < 1.29 is 14.3 Å². The molecule has 5 rings (SSSR count). The summed E-state index contributed by atoms with van der Waals surface area (Å²) in [6.45, 7) is 2.73. The van der Waals surface area contributed by atoms with Gasteiger partial charge in [-0.3, -0.25) is 4.79 Å². The van der Waals surface area contributed by atoms with Crippen LogP contribution in [-0.2, 0) is 9.53 Å². The van der Waals surface area contributed by atoms with Crippen LogP contribution in [-0.4, -0.2) is 65.2 Å². The molecule has 2 aromatic heterocycles. The second kappa shape index (κ2) is 11.9. The van der Waals surface area contributed by atoms with E-state index in [2.05, 4.69) is 25.6 Å². The summed E-state index contributed by atoms with van der Waals surface area (Å²) >= 11 is 6.60. The van der Waals surface area contributed by atoms with E-state index in [1.54, 1.807) is 13.3 Å². The largest absolute Gasteiger partial charge is 0.489 e. The average Bonchev–Trinajstić information content (AvgIpc) is 3.46. The van der Waals surface area contributed by atoms with Crippen molar-refractivity contribution in [3.05, 3.63) is 41.8 Å². The van der Waals surface area contributed by atoms with E-state index in [-0.39, 0.29) is 12.0 Å². The minimum Gasteiger partial charge on any atom is -0.489 e. The molecule has 0 radical (unpaired) electrons. The van der Waals surface area contributed by atoms with E-state index < -0.39 is 0 Å². The van der Waals surface area contributed by atoms with Gasteiger partial charge in [-0.25, -0.2) is 15.0 Å². The van der Waals surface area contributed by atoms with Crippen LogP contribution in [0, 0.1) is 5.92 Å². The van der Waals surface area contributed by atoms with Gasteiger partial charge in [0.2, 0.25) is 5.91 Å². The minimum absolute atomic E-state index is 0.0475. The molecule has 9 nitrogen and oxygen atoms in total. The Labute approximate surface area is 221 Å². The Hall–Kier alpha value is -3.17. The Morgan fingerprint density at radius 2 is 1.92 bits per heavy atom. The lowest BCUT2D eigenvalue weighted by Crippen LogP contribution is -2.44. The van der Waals surface area contributed by atoms with E-state index in [9.17, 15) is 4.79 Å². The topological polar surface area (TPSA) is 102 Å². The molecule has 1 aromatic carbocycles. The number of halogens is 1. The molecule has 1 saturated heterocycles. The van der Waals surface area contributed by atoms with Crippen molar-refractivity contribution in [3.63, 3.8) is 0 Å². The van der Waals surface area contributed by atoms with Gasteiger partial charge in [0.05, 0.1) is 23.3 Å². The fourth-order valence-electron chi connectivity index (χ4n) is 5.05. The number of carbonyl (C=O) groups is 1. The number of fused-ring (bicyclic) bond motifs is 1. The fourth-order valence-corrected chi connectivity index (χ4v) is 5.28. The Bertz CT molecular complexity index is 1230. The standard InChI is InChI=1S/C27H33ClN6O3/c1-36-13-10-29-25-15-21-23(16-30-25)31-17-32-26(21)33-19-6-7-24(22(28)14-19)37-20-8-11-34(12-9-20)27(35)18-4-2-3-5-18/h6-7,14-18,20H,2-5,8-13H2,1H3,(H,29,30)(H,31,32,33). The highest BCUT2D eigenvalue weighted by atomic mass is 35.5. The molecule has 0 atom stereocenters. The summed E-state index contributed by atoms with van der Waals surface area (Å²) in [5.74, 6) is 2.59. The monoisotopic (exact) mass is 524 g/mol. The molecule has 2 N–H and O–H groups in total. The Balaban J connectivity index is 1.21. The summed E-state index contributed by atoms with van der Waals surface area (Å²) in [6.07, 6.45) is 9.34. The third-order valence-electron chi connectivity index (χ3n) is 7.08. The Morgan fingerprint density at radius 3 is 2.68 bits per heavy atom. The molecular weight excluding hydrogens is 492 g/mol. The zero-order chi connectivity index (χ0) is 25.6. The number of nitrogens with one attached hydrogen (secondary N) is 2. The van der Waals surface area contributed by atoms with Gasteiger partial charge >= 0.3 is 0 Å². The molecule has 0 spiro atoms. The number of hydrogen-bond acceptors (Lipinski definition) is 8. The van der Waals surface area contributed by atoms with Crippen LogP contribution in [0.4, 0.5) is 17.3 Å². The predicted octanol–water partition coefficient (Wildman–Crippen LogP) is 5.04. The van der Waals surface area contributed by atoms with Crippen molar-refractivity contribution in [2.45, 2.75) is 44.6 Å². The number of piperidine rings is 1. The number of amides is 1. The zero-order valence-corrected chi connectivity index (χ0v) is 21.8. The highest BCUT2D eigenvalue weighted by Crippen LogP contribution is 2.33. The SMILES string of the molecule is COCCNc1cc2c(Nc3ccc(OC4CCN(C(=O)C5CCCC5)CC4)c(Cl)c3)ncnc2cn1. The van der Waals surface area contributed by atoms with E-state index in [0.29, 0.717) is 35.6 Å². The number of ether oxygens (including phenoxy) is 2. The maximum absolute atomic E-state index is 12.7. The summed E-state index contributed by atoms with van der Waals surface area (Å²) in [7, 11) is 1.66. The lowest BCUT2D eigenvalue weighted by Gasteiger charge is -2.33. The number of anilines is 3. The molecule has 3 heterocycles. The molecular formula is C27H33ClN6O3. The smallest absolute Gasteiger partial charge is 0.225 e. The molecule has 3 aromatic rings. The summed E-state index contributed by atoms with van der Waals surface area (Å²) in [4.78, 5) is 27.9. The van der Waals surface area contributed by atoms with Crippen molar-refractivity contribution in [2.75, 3.05) is 44.0 Å². The Kier molecular flexibility index (Phi) is 8.21. The quantitative estimate of drug-likeness (QED) is 0.375. The van der Waals surface area contributed by atoms with E-state index >= 15 is 0 Å². The first-order valence-corrected chi connectivity index (χ1v) is 13.3. The molecule has 2 fully saturated rings. The molecule has 0 bridgehead atoms. The number of pyridine rings is 1. The van der Waals surface area contributed by atoms with Crippen molar-refractivity contribution in [1.82, 2.24) is 19.9 Å². The van der Waals surface area contributed by atoms with Crippen molar-refractivity contribution in [1.29, 1.82) is 0 Å². The van der Waals surface area contributed by atoms with Crippen LogP contribution in [0.2, 0.25) is 5.02 Å². The molecule has 1 aliphatic carbocycles. The molecule has 0 unspecified atom stereocenters. The third-order valence-corrected chi connectivity index (χ3v) is 7.38. The zero-order valence-electron chi connectivity index (χ0n) is 21.1. The number of nitrogens with zero attached hydrogens (tertiary/aromatic N) is 4. The van der Waals surface area contributed by atoms with Crippen LogP contribution < -0.4 is 15.4 Å². The van der Waals surface area contributed by atoms with Gasteiger partial charge in [-0.1, -0.05) is 24.4 Å². The van der Waals surface area contributed by atoms with E-state index in [1.165, 1.54) is 19.2 Å². The number of hydrogen-bond donors (Lipinski definition) is 2. The molecule has 1 saturated carbocycles. The predicted molar refractivity (Wildman–Crippen MR) is 145 cm³/mol. The van der Waals surface area contributed by atoms with Crippen LogP contribution in [0.1, 0.15) is 38.5 Å². The third kappa shape index (κ3) is 6.22. The molecule has 2 aliphatic rings. The second-order valence-corrected chi connectivity index (χ2v) is 10.0. The van der Waals surface area contributed by atoms with Gasteiger partial charge in [-0.05, 0) is 37.1 Å². The van der Waals surface area contributed by atoms with Gasteiger partial charge in [-0.2, -0.15) is 0 Å². The van der Waals surface area contributed by atoms with Crippen LogP contribution in [0.3, 0.4) is 0 Å². The maximum Gasteiger partial charge on any atom is 0.225 e. The van der Waals surface area contributed by atoms with E-state index in [4.69, 9.17) is 21.1 Å². The van der Waals surface area contributed by atoms with Gasteiger partial charge in [0.1, 0.15) is 29.8 Å². The van der Waals surface area contributed by atoms with Gasteiger partial charge in [0, 0.05) is 56.6 Å².